The van der Waals surface area contributed by atoms with Crippen LogP contribution >= 0.6 is 12.4 Å². The lowest BCUT2D eigenvalue weighted by molar-refractivity contribution is -0.138. The van der Waals surface area contributed by atoms with E-state index in [1.165, 1.54) is 0 Å². The molecule has 0 heterocycles. The monoisotopic (exact) mass is 207 g/mol. The number of allylic oxidation sites excluding steroid dienone is 1. The zero-order chi connectivity index (χ0) is 9.40. The second kappa shape index (κ2) is 9.55. The van der Waals surface area contributed by atoms with Crippen LogP contribution in [0.5, 0.6) is 0 Å². The van der Waals surface area contributed by atoms with E-state index in [1.807, 2.05) is 6.08 Å². The van der Waals surface area contributed by atoms with Crippen molar-refractivity contribution in [3.8, 4) is 0 Å². The minimum absolute atomic E-state index is 0. The summed E-state index contributed by atoms with van der Waals surface area (Å²) in [5.41, 5.74) is 5.31. The zero-order valence-electron chi connectivity index (χ0n) is 7.74. The fourth-order valence-electron chi connectivity index (χ4n) is 0.953. The van der Waals surface area contributed by atoms with Crippen molar-refractivity contribution < 1.29 is 9.90 Å². The lowest BCUT2D eigenvalue weighted by atomic mass is 10.1. The molecule has 0 aliphatic heterocycles. The highest BCUT2D eigenvalue weighted by atomic mass is 35.5. The van der Waals surface area contributed by atoms with Crippen molar-refractivity contribution in [2.75, 3.05) is 0 Å². The van der Waals surface area contributed by atoms with Crippen LogP contribution in [0.2, 0.25) is 0 Å². The third kappa shape index (κ3) is 9.37. The number of carbonyl (C=O) groups is 1. The first-order valence-corrected chi connectivity index (χ1v) is 4.27. The number of hydrogen-bond donors (Lipinski definition) is 2. The fraction of sp³-hybridized carbons (Fsp3) is 0.667. The summed E-state index contributed by atoms with van der Waals surface area (Å²) in [5.74, 6) is -0.904. The summed E-state index contributed by atoms with van der Waals surface area (Å²) in [7, 11) is 0. The van der Waals surface area contributed by atoms with Crippen LogP contribution in [0, 0.1) is 0 Å². The van der Waals surface area contributed by atoms with Gasteiger partial charge >= 0.3 is 5.97 Å². The molecule has 0 aliphatic carbocycles. The molecule has 0 saturated heterocycles. The van der Waals surface area contributed by atoms with Crippen LogP contribution in [0.25, 0.3) is 0 Å². The van der Waals surface area contributed by atoms with E-state index in [2.05, 4.69) is 6.58 Å². The van der Waals surface area contributed by atoms with Crippen molar-refractivity contribution in [2.45, 2.75) is 38.1 Å². The zero-order valence-corrected chi connectivity index (χ0v) is 8.55. The minimum atomic E-state index is -0.904. The molecule has 0 fully saturated rings. The van der Waals surface area contributed by atoms with Gasteiger partial charge in [0.2, 0.25) is 0 Å². The molecule has 13 heavy (non-hydrogen) atoms. The molecule has 0 aromatic heterocycles. The molecule has 1 unspecified atom stereocenters. The Morgan fingerprint density at radius 3 is 2.54 bits per heavy atom. The minimum Gasteiger partial charge on any atom is -0.480 e. The van der Waals surface area contributed by atoms with Crippen molar-refractivity contribution in [1.29, 1.82) is 0 Å². The maximum Gasteiger partial charge on any atom is 0.320 e. The van der Waals surface area contributed by atoms with Crippen LogP contribution in [0.1, 0.15) is 32.1 Å². The maximum atomic E-state index is 10.3. The van der Waals surface area contributed by atoms with E-state index >= 15 is 0 Å². The van der Waals surface area contributed by atoms with Crippen LogP contribution in [0.4, 0.5) is 0 Å². The number of unbranched alkanes of at least 4 members (excludes halogenated alkanes) is 3. The summed E-state index contributed by atoms with van der Waals surface area (Å²) in [6, 6.07) is -0.686. The number of nitrogens with two attached hydrogens (primary N) is 1. The van der Waals surface area contributed by atoms with Crippen LogP contribution in [0.3, 0.4) is 0 Å². The topological polar surface area (TPSA) is 63.3 Å². The summed E-state index contributed by atoms with van der Waals surface area (Å²) in [4.78, 5) is 10.3. The molecule has 4 heteroatoms. The molecule has 0 spiro atoms. The van der Waals surface area contributed by atoms with E-state index < -0.39 is 12.0 Å². The molecule has 3 N–H and O–H groups in total. The molecule has 1 atom stereocenters. The van der Waals surface area contributed by atoms with Crippen molar-refractivity contribution in [2.24, 2.45) is 5.73 Å². The van der Waals surface area contributed by atoms with Gasteiger partial charge in [0.15, 0.2) is 0 Å². The van der Waals surface area contributed by atoms with Gasteiger partial charge in [-0.25, -0.2) is 0 Å². The van der Waals surface area contributed by atoms with Gasteiger partial charge in [0.05, 0.1) is 0 Å². The second-order valence-corrected chi connectivity index (χ2v) is 2.87. The Hall–Kier alpha value is -0.540. The van der Waals surface area contributed by atoms with E-state index in [1.54, 1.807) is 0 Å². The highest BCUT2D eigenvalue weighted by Gasteiger charge is 2.09. The van der Waals surface area contributed by atoms with Crippen LogP contribution in [-0.4, -0.2) is 17.1 Å². The first-order chi connectivity index (χ1) is 5.68. The van der Waals surface area contributed by atoms with Gasteiger partial charge in [-0.3, -0.25) is 4.79 Å². The van der Waals surface area contributed by atoms with E-state index in [0.29, 0.717) is 6.42 Å². The Morgan fingerprint density at radius 1 is 1.46 bits per heavy atom. The lowest BCUT2D eigenvalue weighted by Crippen LogP contribution is -2.29. The average molecular weight is 208 g/mol. The summed E-state index contributed by atoms with van der Waals surface area (Å²) in [5, 5.41) is 8.44. The largest absolute Gasteiger partial charge is 0.480 e. The molecule has 0 aromatic rings. The first kappa shape index (κ1) is 15.0. The number of aliphatic carboxylic acids is 1. The fourth-order valence-corrected chi connectivity index (χ4v) is 0.953. The van der Waals surface area contributed by atoms with Gasteiger partial charge in [-0.15, -0.1) is 19.0 Å². The molecule has 0 aliphatic rings. The summed E-state index contributed by atoms with van der Waals surface area (Å²) >= 11 is 0. The van der Waals surface area contributed by atoms with E-state index in [-0.39, 0.29) is 12.4 Å². The van der Waals surface area contributed by atoms with Crippen molar-refractivity contribution >= 4 is 18.4 Å². The predicted molar refractivity (Wildman–Crippen MR) is 56.1 cm³/mol. The highest BCUT2D eigenvalue weighted by Crippen LogP contribution is 2.04. The van der Waals surface area contributed by atoms with Crippen molar-refractivity contribution in [3.63, 3.8) is 0 Å². The Bertz CT molecular complexity index is 151. The maximum absolute atomic E-state index is 10.3. The van der Waals surface area contributed by atoms with Gasteiger partial charge in [-0.05, 0) is 19.3 Å². The van der Waals surface area contributed by atoms with E-state index in [4.69, 9.17) is 10.8 Å². The highest BCUT2D eigenvalue weighted by molar-refractivity contribution is 5.85. The number of carboxylic acid groups (broad SMARTS) is 1. The van der Waals surface area contributed by atoms with Gasteiger partial charge in [-0.2, -0.15) is 0 Å². The molecular formula is C9H18ClNO2. The van der Waals surface area contributed by atoms with Gasteiger partial charge in [0.25, 0.3) is 0 Å². The standard InChI is InChI=1S/C9H17NO2.ClH/c1-2-3-4-5-6-7-8(10)9(11)12;/h2,8H,1,3-7,10H2,(H,11,12);1H. The smallest absolute Gasteiger partial charge is 0.320 e. The SMILES string of the molecule is C=CCCCCCC(N)C(=O)O.Cl. The second-order valence-electron chi connectivity index (χ2n) is 2.87. The Kier molecular flexibility index (Phi) is 11.0. The molecule has 0 radical (unpaired) electrons. The van der Waals surface area contributed by atoms with Crippen LogP contribution < -0.4 is 5.73 Å². The number of hydrogen-bond acceptors (Lipinski definition) is 2. The van der Waals surface area contributed by atoms with Crippen LogP contribution in [-0.2, 0) is 4.79 Å². The molecule has 0 bridgehead atoms. The van der Waals surface area contributed by atoms with Gasteiger partial charge in [-0.1, -0.05) is 18.9 Å². The van der Waals surface area contributed by atoms with Crippen molar-refractivity contribution in [3.05, 3.63) is 12.7 Å². The Morgan fingerprint density at radius 2 is 2.08 bits per heavy atom. The number of halogens is 1. The molecule has 0 rings (SSSR count). The molecule has 0 amide bonds. The van der Waals surface area contributed by atoms with Crippen LogP contribution in [0.15, 0.2) is 12.7 Å². The molecular weight excluding hydrogens is 190 g/mol. The summed E-state index contributed by atoms with van der Waals surface area (Å²) in [6.45, 7) is 3.60. The molecule has 0 saturated carbocycles. The molecule has 3 nitrogen and oxygen atoms in total. The third-order valence-electron chi connectivity index (χ3n) is 1.74. The lowest BCUT2D eigenvalue weighted by Gasteiger charge is -2.04. The first-order valence-electron chi connectivity index (χ1n) is 4.27. The average Bonchev–Trinajstić information content (AvgIpc) is 2.03. The Labute approximate surface area is 85.4 Å². The number of rotatable bonds is 7. The third-order valence-corrected chi connectivity index (χ3v) is 1.74. The summed E-state index contributed by atoms with van der Waals surface area (Å²) < 4.78 is 0. The van der Waals surface area contributed by atoms with E-state index in [9.17, 15) is 4.79 Å². The quantitative estimate of drug-likeness (QED) is 0.496. The van der Waals surface area contributed by atoms with Gasteiger partial charge < -0.3 is 10.8 Å². The van der Waals surface area contributed by atoms with Crippen molar-refractivity contribution in [1.82, 2.24) is 0 Å². The van der Waals surface area contributed by atoms with E-state index in [0.717, 1.165) is 25.7 Å². The van der Waals surface area contributed by atoms with Gasteiger partial charge in [0, 0.05) is 0 Å². The number of carboxylic acids is 1. The predicted octanol–water partition coefficient (Wildman–Crippen LogP) is 1.96. The molecule has 78 valence electrons. The Balaban J connectivity index is 0. The normalized spacial score (nSPS) is 11.5. The van der Waals surface area contributed by atoms with Gasteiger partial charge in [0.1, 0.15) is 6.04 Å². The molecule has 0 aromatic carbocycles. The summed E-state index contributed by atoms with van der Waals surface area (Å²) in [6.07, 6.45) is 6.45.